The number of nitrogens with one attached hydrogen (secondary N) is 1. The number of fused-ring (bicyclic) bond motifs is 1. The van der Waals surface area contributed by atoms with Gasteiger partial charge in [0.2, 0.25) is 0 Å². The van der Waals surface area contributed by atoms with Gasteiger partial charge >= 0.3 is 5.97 Å². The van der Waals surface area contributed by atoms with Crippen LogP contribution < -0.4 is 10.2 Å². The smallest absolute Gasteiger partial charge is 0.326 e. The second-order valence-electron chi connectivity index (χ2n) is 9.37. The molecule has 7 nitrogen and oxygen atoms in total. The molecule has 1 amide bonds. The van der Waals surface area contributed by atoms with E-state index in [9.17, 15) is 19.5 Å². The van der Waals surface area contributed by atoms with E-state index in [2.05, 4.69) is 10.3 Å². The quantitative estimate of drug-likeness (QED) is 0.521. The van der Waals surface area contributed by atoms with Crippen LogP contribution in [0.5, 0.6) is 0 Å². The van der Waals surface area contributed by atoms with Crippen molar-refractivity contribution in [2.45, 2.75) is 52.0 Å². The lowest BCUT2D eigenvalue weighted by molar-refractivity contribution is -0.139. The summed E-state index contributed by atoms with van der Waals surface area (Å²) < 4.78 is 0. The lowest BCUT2D eigenvalue weighted by atomic mass is 9.99. The summed E-state index contributed by atoms with van der Waals surface area (Å²) in [6.07, 6.45) is 5.28. The van der Waals surface area contributed by atoms with Gasteiger partial charge in [-0.25, -0.2) is 4.79 Å². The number of carboxylic acids is 1. The van der Waals surface area contributed by atoms with Crippen LogP contribution in [-0.2, 0) is 22.4 Å². The van der Waals surface area contributed by atoms with E-state index in [4.69, 9.17) is 23.2 Å². The molecule has 0 spiro atoms. The molecule has 0 saturated heterocycles. The number of carbonyl (C=O) groups excluding carboxylic acids is 2. The van der Waals surface area contributed by atoms with Crippen molar-refractivity contribution < 1.29 is 19.5 Å². The maximum absolute atomic E-state index is 13.1. The van der Waals surface area contributed by atoms with Crippen molar-refractivity contribution in [2.24, 2.45) is 5.92 Å². The molecule has 9 heteroatoms. The molecule has 2 aromatic rings. The summed E-state index contributed by atoms with van der Waals surface area (Å²) in [4.78, 5) is 43.0. The van der Waals surface area contributed by atoms with Crippen LogP contribution in [0.15, 0.2) is 41.9 Å². The van der Waals surface area contributed by atoms with Gasteiger partial charge in [-0.1, -0.05) is 49.2 Å². The SMILES string of the molecule is CC(C)CC1=C(NC(Cc2ccc3c(c2)CCN3C(=O)c2c(Cl)cncc2Cl)C(=O)O)CCC1=O. The fraction of sp³-hybridized carbons (Fsp3) is 0.385. The maximum Gasteiger partial charge on any atom is 0.326 e. The van der Waals surface area contributed by atoms with E-state index in [-0.39, 0.29) is 33.7 Å². The number of hydrogen-bond acceptors (Lipinski definition) is 5. The molecular weight excluding hydrogens is 489 g/mol. The number of nitrogens with zero attached hydrogens (tertiary/aromatic N) is 2. The third kappa shape index (κ3) is 5.36. The summed E-state index contributed by atoms with van der Waals surface area (Å²) in [5.41, 5.74) is 4.24. The number of benzene rings is 1. The van der Waals surface area contributed by atoms with Crippen molar-refractivity contribution in [3.8, 4) is 0 Å². The Hall–Kier alpha value is -2.90. The Balaban J connectivity index is 1.53. The summed E-state index contributed by atoms with van der Waals surface area (Å²) >= 11 is 12.4. The van der Waals surface area contributed by atoms with Gasteiger partial charge in [0.15, 0.2) is 5.78 Å². The van der Waals surface area contributed by atoms with Crippen molar-refractivity contribution in [1.29, 1.82) is 0 Å². The van der Waals surface area contributed by atoms with Crippen LogP contribution in [0.1, 0.15) is 54.6 Å². The number of allylic oxidation sites excluding steroid dienone is 2. The normalized spacial score (nSPS) is 16.1. The highest BCUT2D eigenvalue weighted by atomic mass is 35.5. The van der Waals surface area contributed by atoms with E-state index in [0.717, 1.165) is 28.1 Å². The number of Topliss-reactive ketones (excluding diaryl/α,β-unsaturated/α-hetero) is 1. The Morgan fingerprint density at radius 3 is 2.49 bits per heavy atom. The highest BCUT2D eigenvalue weighted by Gasteiger charge is 2.30. The zero-order valence-electron chi connectivity index (χ0n) is 19.6. The Morgan fingerprint density at radius 1 is 1.11 bits per heavy atom. The molecule has 2 heterocycles. The minimum Gasteiger partial charge on any atom is -0.480 e. The van der Waals surface area contributed by atoms with E-state index >= 15 is 0 Å². The average molecular weight is 516 g/mol. The molecule has 0 radical (unpaired) electrons. The Morgan fingerprint density at radius 2 is 1.83 bits per heavy atom. The number of halogens is 2. The molecule has 0 saturated carbocycles. The highest BCUT2D eigenvalue weighted by Crippen LogP contribution is 2.34. The molecule has 2 N–H and O–H groups in total. The molecular formula is C26H27Cl2N3O4. The molecule has 1 unspecified atom stereocenters. The predicted molar refractivity (Wildman–Crippen MR) is 135 cm³/mol. The van der Waals surface area contributed by atoms with Gasteiger partial charge < -0.3 is 15.3 Å². The molecule has 1 aromatic heterocycles. The van der Waals surface area contributed by atoms with Gasteiger partial charge in [0.05, 0.1) is 15.6 Å². The maximum atomic E-state index is 13.1. The van der Waals surface area contributed by atoms with Crippen molar-refractivity contribution in [1.82, 2.24) is 10.3 Å². The van der Waals surface area contributed by atoms with E-state index < -0.39 is 12.0 Å². The summed E-state index contributed by atoms with van der Waals surface area (Å²) in [6, 6.07) is 4.75. The monoisotopic (exact) mass is 515 g/mol. The molecule has 0 fully saturated rings. The third-order valence-corrected chi connectivity index (χ3v) is 6.93. The van der Waals surface area contributed by atoms with Crippen LogP contribution >= 0.6 is 23.2 Å². The topological polar surface area (TPSA) is 99.6 Å². The van der Waals surface area contributed by atoms with Crippen LogP contribution in [0.4, 0.5) is 5.69 Å². The second kappa shape index (κ2) is 10.4. The number of rotatable bonds is 8. The first-order valence-corrected chi connectivity index (χ1v) is 12.4. The van der Waals surface area contributed by atoms with Crippen LogP contribution in [0.25, 0.3) is 0 Å². The molecule has 0 bridgehead atoms. The fourth-order valence-electron chi connectivity index (χ4n) is 4.70. The first-order valence-electron chi connectivity index (χ1n) is 11.6. The van der Waals surface area contributed by atoms with Gasteiger partial charge in [0.25, 0.3) is 5.91 Å². The third-order valence-electron chi connectivity index (χ3n) is 6.35. The van der Waals surface area contributed by atoms with Crippen molar-refractivity contribution in [3.05, 3.63) is 68.6 Å². The molecule has 4 rings (SSSR count). The van der Waals surface area contributed by atoms with Gasteiger partial charge in [-0.15, -0.1) is 0 Å². The largest absolute Gasteiger partial charge is 0.480 e. The number of carbonyl (C=O) groups is 3. The van der Waals surface area contributed by atoms with Crippen molar-refractivity contribution in [2.75, 3.05) is 11.4 Å². The fourth-order valence-corrected chi connectivity index (χ4v) is 5.23. The second-order valence-corrected chi connectivity index (χ2v) is 10.2. The highest BCUT2D eigenvalue weighted by molar-refractivity contribution is 6.40. The average Bonchev–Trinajstić information content (AvgIpc) is 3.36. The summed E-state index contributed by atoms with van der Waals surface area (Å²) in [5.74, 6) is -0.858. The summed E-state index contributed by atoms with van der Waals surface area (Å²) in [7, 11) is 0. The van der Waals surface area contributed by atoms with Gasteiger partial charge in [-0.05, 0) is 42.4 Å². The minimum atomic E-state index is -0.972. The lowest BCUT2D eigenvalue weighted by Crippen LogP contribution is -2.38. The number of carboxylic acid groups (broad SMARTS) is 1. The summed E-state index contributed by atoms with van der Waals surface area (Å²) in [5, 5.41) is 13.4. The number of ketones is 1. The number of anilines is 1. The van der Waals surface area contributed by atoms with Gasteiger partial charge in [0, 0.05) is 48.7 Å². The number of aromatic nitrogens is 1. The van der Waals surface area contributed by atoms with Crippen LogP contribution in [0, 0.1) is 5.92 Å². The van der Waals surface area contributed by atoms with Gasteiger partial charge in [-0.3, -0.25) is 14.6 Å². The first kappa shape index (κ1) is 25.2. The Bertz CT molecular complexity index is 1200. The first-order chi connectivity index (χ1) is 16.7. The zero-order valence-corrected chi connectivity index (χ0v) is 21.1. The standard InChI is InChI=1S/C26H27Cl2N3O4/c1-14(2)9-17-20(4-6-23(17)32)30-21(26(34)35)11-15-3-5-22-16(10-15)7-8-31(22)25(33)24-18(27)12-29-13-19(24)28/h3,5,10,12-14,21,30H,4,6-9,11H2,1-2H3,(H,34,35). The van der Waals surface area contributed by atoms with Gasteiger partial charge in [-0.2, -0.15) is 0 Å². The van der Waals surface area contributed by atoms with Crippen LogP contribution in [-0.4, -0.2) is 40.3 Å². The van der Waals surface area contributed by atoms with E-state index in [1.165, 1.54) is 12.4 Å². The molecule has 184 valence electrons. The van der Waals surface area contributed by atoms with E-state index in [1.807, 2.05) is 32.0 Å². The molecule has 1 aliphatic heterocycles. The molecule has 1 aliphatic carbocycles. The predicted octanol–water partition coefficient (Wildman–Crippen LogP) is 4.84. The van der Waals surface area contributed by atoms with Crippen molar-refractivity contribution in [3.63, 3.8) is 0 Å². The zero-order chi connectivity index (χ0) is 25.3. The van der Waals surface area contributed by atoms with Crippen LogP contribution in [0.2, 0.25) is 10.0 Å². The molecule has 1 aromatic carbocycles. The van der Waals surface area contributed by atoms with Gasteiger partial charge in [0.1, 0.15) is 6.04 Å². The molecule has 2 aliphatic rings. The number of pyridine rings is 1. The summed E-state index contributed by atoms with van der Waals surface area (Å²) in [6.45, 7) is 4.56. The minimum absolute atomic E-state index is 0.0991. The lowest BCUT2D eigenvalue weighted by Gasteiger charge is -2.20. The molecule has 1 atom stereocenters. The number of hydrogen-bond donors (Lipinski definition) is 2. The van der Waals surface area contributed by atoms with E-state index in [0.29, 0.717) is 38.1 Å². The van der Waals surface area contributed by atoms with Crippen LogP contribution in [0.3, 0.4) is 0 Å². The Kier molecular flexibility index (Phi) is 7.47. The van der Waals surface area contributed by atoms with Crippen molar-refractivity contribution >= 4 is 46.5 Å². The van der Waals surface area contributed by atoms with E-state index in [1.54, 1.807) is 4.90 Å². The molecule has 35 heavy (non-hydrogen) atoms. The number of amides is 1. The number of aliphatic carboxylic acids is 1. The Labute approximate surface area is 214 Å².